The fourth-order valence-corrected chi connectivity index (χ4v) is 3.63. The van der Waals surface area contributed by atoms with E-state index in [0.717, 1.165) is 24.0 Å². The van der Waals surface area contributed by atoms with Gasteiger partial charge in [-0.05, 0) is 48.2 Å². The third-order valence-electron chi connectivity index (χ3n) is 5.34. The van der Waals surface area contributed by atoms with E-state index in [-0.39, 0.29) is 23.7 Å². The summed E-state index contributed by atoms with van der Waals surface area (Å²) < 4.78 is 1.51. The molecule has 0 aliphatic rings. The van der Waals surface area contributed by atoms with Crippen molar-refractivity contribution in [3.63, 3.8) is 0 Å². The summed E-state index contributed by atoms with van der Waals surface area (Å²) in [5.74, 6) is -0.261. The zero-order chi connectivity index (χ0) is 23.2. The van der Waals surface area contributed by atoms with Crippen molar-refractivity contribution >= 4 is 23.7 Å². The van der Waals surface area contributed by atoms with Gasteiger partial charge in [-0.2, -0.15) is 9.67 Å². The third kappa shape index (κ3) is 4.82. The molecule has 1 aromatic heterocycles. The quantitative estimate of drug-likeness (QED) is 0.429. The van der Waals surface area contributed by atoms with Crippen molar-refractivity contribution in [3.8, 4) is 5.69 Å². The molecule has 7 nitrogen and oxygen atoms in total. The second kappa shape index (κ2) is 9.91. The number of carbonyl (C=O) groups is 2. The number of amides is 2. The lowest BCUT2D eigenvalue weighted by atomic mass is 10.1. The summed E-state index contributed by atoms with van der Waals surface area (Å²) in [5.41, 5.74) is 3.72. The van der Waals surface area contributed by atoms with Crippen LogP contribution in [0.5, 0.6) is 0 Å². The lowest BCUT2D eigenvalue weighted by Gasteiger charge is -2.09. The Hall–Kier alpha value is -4.26. The van der Waals surface area contributed by atoms with E-state index >= 15 is 0 Å². The van der Waals surface area contributed by atoms with Crippen LogP contribution >= 0.6 is 0 Å². The van der Waals surface area contributed by atoms with Crippen LogP contribution in [-0.4, -0.2) is 26.6 Å². The second-order valence-corrected chi connectivity index (χ2v) is 7.44. The number of nitrogens with one attached hydrogen (secondary N) is 2. The molecule has 0 aliphatic heterocycles. The summed E-state index contributed by atoms with van der Waals surface area (Å²) in [7, 11) is 0. The number of carbonyl (C=O) groups excluding carboxylic acids is 2. The van der Waals surface area contributed by atoms with E-state index in [1.807, 2.05) is 80.6 Å². The average molecular weight is 440 g/mol. The van der Waals surface area contributed by atoms with Crippen molar-refractivity contribution in [1.82, 2.24) is 14.8 Å². The number of anilines is 2. The maximum atomic E-state index is 13.0. The predicted molar refractivity (Wildman–Crippen MR) is 129 cm³/mol. The summed E-state index contributed by atoms with van der Waals surface area (Å²) in [5, 5.41) is 10.1. The molecule has 33 heavy (non-hydrogen) atoms. The third-order valence-corrected chi connectivity index (χ3v) is 5.34. The van der Waals surface area contributed by atoms with Crippen LogP contribution in [-0.2, 0) is 12.8 Å². The number of aromatic nitrogens is 3. The Morgan fingerprint density at radius 3 is 1.82 bits per heavy atom. The van der Waals surface area contributed by atoms with Crippen molar-refractivity contribution < 1.29 is 9.59 Å². The van der Waals surface area contributed by atoms with Gasteiger partial charge < -0.3 is 0 Å². The first-order valence-electron chi connectivity index (χ1n) is 10.9. The number of hydrogen-bond donors (Lipinski definition) is 2. The number of nitrogens with zero attached hydrogens (tertiary/aromatic N) is 3. The van der Waals surface area contributed by atoms with E-state index in [1.54, 1.807) is 12.1 Å². The Balaban J connectivity index is 1.66. The number of aryl methyl sites for hydroxylation is 2. The van der Waals surface area contributed by atoms with Gasteiger partial charge in [-0.15, -0.1) is 5.10 Å². The van der Waals surface area contributed by atoms with Crippen LogP contribution in [0.1, 0.15) is 45.7 Å². The molecule has 3 aromatic carbocycles. The Bertz CT molecular complexity index is 1280. The summed E-state index contributed by atoms with van der Waals surface area (Å²) >= 11 is 0. The summed E-state index contributed by atoms with van der Waals surface area (Å²) in [6.45, 7) is 4.00. The molecule has 0 saturated heterocycles. The first-order chi connectivity index (χ1) is 16.1. The highest BCUT2D eigenvalue weighted by atomic mass is 16.2. The van der Waals surface area contributed by atoms with Gasteiger partial charge in [-0.25, -0.2) is 0 Å². The summed E-state index contributed by atoms with van der Waals surface area (Å²) in [4.78, 5) is 30.3. The van der Waals surface area contributed by atoms with Crippen molar-refractivity contribution in [2.45, 2.75) is 26.7 Å². The van der Waals surface area contributed by atoms with Gasteiger partial charge in [-0.3, -0.25) is 20.2 Å². The highest BCUT2D eigenvalue weighted by Gasteiger charge is 2.19. The topological polar surface area (TPSA) is 88.9 Å². The van der Waals surface area contributed by atoms with Gasteiger partial charge in [-0.1, -0.05) is 68.4 Å². The number of hydrogen-bond acceptors (Lipinski definition) is 4. The van der Waals surface area contributed by atoms with Gasteiger partial charge in [0.15, 0.2) is 0 Å². The van der Waals surface area contributed by atoms with Gasteiger partial charge >= 0.3 is 0 Å². The van der Waals surface area contributed by atoms with Crippen molar-refractivity contribution in [2.75, 3.05) is 10.6 Å². The van der Waals surface area contributed by atoms with E-state index in [4.69, 9.17) is 0 Å². The zero-order valence-corrected chi connectivity index (χ0v) is 18.6. The van der Waals surface area contributed by atoms with Crippen LogP contribution in [0.3, 0.4) is 0 Å². The molecular formula is C26H25N5O2. The molecule has 166 valence electrons. The molecule has 0 aliphatic carbocycles. The van der Waals surface area contributed by atoms with Gasteiger partial charge in [0.05, 0.1) is 5.69 Å². The van der Waals surface area contributed by atoms with E-state index in [9.17, 15) is 9.59 Å². The number of para-hydroxylation sites is 1. The highest BCUT2D eigenvalue weighted by molar-refractivity contribution is 6.06. The molecule has 0 saturated carbocycles. The normalized spacial score (nSPS) is 10.6. The molecule has 0 unspecified atom stereocenters. The minimum absolute atomic E-state index is 0.105. The number of rotatable bonds is 7. The fraction of sp³-hybridized carbons (Fsp3) is 0.154. The molecule has 7 heteroatoms. The van der Waals surface area contributed by atoms with E-state index in [0.29, 0.717) is 16.8 Å². The molecule has 0 fully saturated rings. The predicted octanol–water partition coefficient (Wildman–Crippen LogP) is 4.90. The van der Waals surface area contributed by atoms with Crippen molar-refractivity contribution in [2.24, 2.45) is 0 Å². The molecule has 0 radical (unpaired) electrons. The molecule has 0 spiro atoms. The van der Waals surface area contributed by atoms with E-state index in [2.05, 4.69) is 20.7 Å². The Labute approximate surface area is 192 Å². The highest BCUT2D eigenvalue weighted by Crippen LogP contribution is 2.19. The molecule has 2 amide bonds. The largest absolute Gasteiger partial charge is 0.290 e. The van der Waals surface area contributed by atoms with E-state index < -0.39 is 0 Å². The minimum Gasteiger partial charge on any atom is -0.290 e. The van der Waals surface area contributed by atoms with Gasteiger partial charge in [0.25, 0.3) is 17.8 Å². The Morgan fingerprint density at radius 1 is 0.727 bits per heavy atom. The number of benzene rings is 3. The first-order valence-corrected chi connectivity index (χ1v) is 10.9. The van der Waals surface area contributed by atoms with Crippen molar-refractivity contribution in [1.29, 1.82) is 0 Å². The van der Waals surface area contributed by atoms with Gasteiger partial charge in [0, 0.05) is 11.1 Å². The zero-order valence-electron chi connectivity index (χ0n) is 18.6. The molecule has 0 atom stereocenters. The Morgan fingerprint density at radius 2 is 1.24 bits per heavy atom. The van der Waals surface area contributed by atoms with Crippen LogP contribution in [0.2, 0.25) is 0 Å². The summed E-state index contributed by atoms with van der Waals surface area (Å²) in [6.07, 6.45) is 1.46. The monoisotopic (exact) mass is 439 g/mol. The maximum Gasteiger partial charge on any atom is 0.258 e. The first kappa shape index (κ1) is 22.0. The standard InChI is InChI=1S/C26H25N5O2/c1-3-18-12-8-10-16-21(18)23(32)27-25-29-26(31(30-25)20-14-6-5-7-15-20)28-24(33)22-17-11-9-13-19(22)4-2/h5-17H,3-4H2,1-2H3,(H2,27,28,29,30,32,33). The fourth-order valence-electron chi connectivity index (χ4n) is 3.63. The molecule has 4 rings (SSSR count). The second-order valence-electron chi connectivity index (χ2n) is 7.44. The van der Waals surface area contributed by atoms with Gasteiger partial charge in [0.2, 0.25) is 5.95 Å². The van der Waals surface area contributed by atoms with E-state index in [1.165, 1.54) is 4.68 Å². The summed E-state index contributed by atoms with van der Waals surface area (Å²) in [6, 6.07) is 24.2. The van der Waals surface area contributed by atoms with Crippen LogP contribution in [0, 0.1) is 0 Å². The van der Waals surface area contributed by atoms with Crippen molar-refractivity contribution in [3.05, 3.63) is 101 Å². The molecular weight excluding hydrogens is 414 g/mol. The Kier molecular flexibility index (Phi) is 6.59. The smallest absolute Gasteiger partial charge is 0.258 e. The molecule has 2 N–H and O–H groups in total. The lowest BCUT2D eigenvalue weighted by Crippen LogP contribution is -2.17. The molecule has 0 bridgehead atoms. The molecule has 1 heterocycles. The molecule has 4 aromatic rings. The maximum absolute atomic E-state index is 13.0. The van der Waals surface area contributed by atoms with Gasteiger partial charge in [0.1, 0.15) is 0 Å². The average Bonchev–Trinajstić information content (AvgIpc) is 3.26. The van der Waals surface area contributed by atoms with Crippen LogP contribution in [0.15, 0.2) is 78.9 Å². The minimum atomic E-state index is -0.299. The lowest BCUT2D eigenvalue weighted by molar-refractivity contribution is 0.101. The van der Waals surface area contributed by atoms with Crippen LogP contribution < -0.4 is 10.6 Å². The SMILES string of the molecule is CCc1ccccc1C(=O)Nc1nc(NC(=O)c2ccccc2CC)n(-c2ccccc2)n1. The van der Waals surface area contributed by atoms with Crippen LogP contribution in [0.4, 0.5) is 11.9 Å². The van der Waals surface area contributed by atoms with Crippen LogP contribution in [0.25, 0.3) is 5.69 Å².